The van der Waals surface area contributed by atoms with Crippen molar-refractivity contribution >= 4 is 40.0 Å². The van der Waals surface area contributed by atoms with Crippen LogP contribution in [0.4, 0.5) is 0 Å². The van der Waals surface area contributed by atoms with E-state index in [4.69, 9.17) is 4.42 Å². The number of guanidine groups is 1. The molecule has 1 unspecified atom stereocenters. The second kappa shape index (κ2) is 12.6. The van der Waals surface area contributed by atoms with E-state index in [0.29, 0.717) is 32.0 Å². The third-order valence-electron chi connectivity index (χ3n) is 4.40. The van der Waals surface area contributed by atoms with Gasteiger partial charge < -0.3 is 15.1 Å². The van der Waals surface area contributed by atoms with Crippen molar-refractivity contribution in [2.24, 2.45) is 4.99 Å². The van der Waals surface area contributed by atoms with Crippen LogP contribution in [0.1, 0.15) is 37.5 Å². The third-order valence-corrected chi connectivity index (χ3v) is 5.13. The first-order valence-corrected chi connectivity index (χ1v) is 11.1. The van der Waals surface area contributed by atoms with Crippen LogP contribution in [0, 0.1) is 0 Å². The van der Waals surface area contributed by atoms with Gasteiger partial charge in [-0.1, -0.05) is 6.42 Å². The highest BCUT2D eigenvalue weighted by molar-refractivity contribution is 14.0. The molecule has 0 bridgehead atoms. The van der Waals surface area contributed by atoms with Crippen LogP contribution < -0.4 is 15.4 Å². The lowest BCUT2D eigenvalue weighted by atomic mass is 10.1. The lowest BCUT2D eigenvalue weighted by molar-refractivity contribution is 0.146. The van der Waals surface area contributed by atoms with E-state index in [-0.39, 0.29) is 30.0 Å². The van der Waals surface area contributed by atoms with E-state index < -0.39 is 10.0 Å². The molecule has 0 saturated carbocycles. The molecular weight excluding hydrogens is 481 g/mol. The number of hydrogen-bond acceptors (Lipinski definition) is 5. The van der Waals surface area contributed by atoms with Gasteiger partial charge in [0.25, 0.3) is 0 Å². The summed E-state index contributed by atoms with van der Waals surface area (Å²) in [5, 5.41) is 6.57. The van der Waals surface area contributed by atoms with E-state index in [0.717, 1.165) is 25.1 Å². The highest BCUT2D eigenvalue weighted by Gasteiger charge is 2.24. The Bertz CT molecular complexity index is 646. The predicted octanol–water partition coefficient (Wildman–Crippen LogP) is 1.53. The van der Waals surface area contributed by atoms with Crippen molar-refractivity contribution in [3.63, 3.8) is 0 Å². The van der Waals surface area contributed by atoms with E-state index in [1.807, 2.05) is 12.1 Å². The van der Waals surface area contributed by atoms with Crippen LogP contribution in [0.3, 0.4) is 0 Å². The molecule has 2 heterocycles. The summed E-state index contributed by atoms with van der Waals surface area (Å²) >= 11 is 0. The van der Waals surface area contributed by atoms with Crippen LogP contribution in [0.5, 0.6) is 0 Å². The minimum Gasteiger partial charge on any atom is -0.468 e. The van der Waals surface area contributed by atoms with Crippen molar-refractivity contribution in [1.82, 2.24) is 20.3 Å². The molecule has 1 aromatic heterocycles. The van der Waals surface area contributed by atoms with Crippen molar-refractivity contribution in [1.29, 1.82) is 0 Å². The molecule has 1 saturated heterocycles. The van der Waals surface area contributed by atoms with Gasteiger partial charge in [0.05, 0.1) is 18.6 Å². The summed E-state index contributed by atoms with van der Waals surface area (Å²) in [4.78, 5) is 6.70. The maximum atomic E-state index is 11.0. The molecule has 10 heteroatoms. The van der Waals surface area contributed by atoms with Crippen molar-refractivity contribution in [3.8, 4) is 0 Å². The Labute approximate surface area is 179 Å². The number of rotatable bonds is 9. The van der Waals surface area contributed by atoms with Crippen molar-refractivity contribution in [3.05, 3.63) is 24.2 Å². The van der Waals surface area contributed by atoms with E-state index in [1.165, 1.54) is 19.3 Å². The monoisotopic (exact) mass is 513 g/mol. The van der Waals surface area contributed by atoms with E-state index in [9.17, 15) is 8.42 Å². The Morgan fingerprint density at radius 2 is 2.00 bits per heavy atom. The van der Waals surface area contributed by atoms with E-state index in [1.54, 1.807) is 13.3 Å². The van der Waals surface area contributed by atoms with Gasteiger partial charge in [-0.05, 0) is 44.5 Å². The van der Waals surface area contributed by atoms with Crippen LogP contribution in [0.25, 0.3) is 0 Å². The number of sulfonamides is 1. The summed E-state index contributed by atoms with van der Waals surface area (Å²) in [6, 6.07) is 4.12. The van der Waals surface area contributed by atoms with Crippen molar-refractivity contribution in [2.75, 3.05) is 46.0 Å². The molecule has 27 heavy (non-hydrogen) atoms. The maximum Gasteiger partial charge on any atom is 0.208 e. The van der Waals surface area contributed by atoms with Crippen molar-refractivity contribution < 1.29 is 12.8 Å². The summed E-state index contributed by atoms with van der Waals surface area (Å²) in [5.41, 5.74) is 0. The summed E-state index contributed by atoms with van der Waals surface area (Å²) in [6.45, 7) is 3.91. The summed E-state index contributed by atoms with van der Waals surface area (Å²) in [7, 11) is -1.40. The van der Waals surface area contributed by atoms with E-state index in [2.05, 4.69) is 25.2 Å². The molecule has 0 amide bonds. The van der Waals surface area contributed by atoms with Gasteiger partial charge in [0.2, 0.25) is 10.0 Å². The SMILES string of the molecule is CN=C(NCCCNS(C)(=O)=O)NCC(c1ccco1)N1CCCCC1.I. The molecule has 0 aliphatic carbocycles. The average Bonchev–Trinajstić information content (AvgIpc) is 3.14. The number of likely N-dealkylation sites (tertiary alicyclic amines) is 1. The number of furan rings is 1. The fourth-order valence-electron chi connectivity index (χ4n) is 3.09. The largest absolute Gasteiger partial charge is 0.468 e. The van der Waals surface area contributed by atoms with Gasteiger partial charge in [0.1, 0.15) is 5.76 Å². The normalized spacial score (nSPS) is 17.2. The van der Waals surface area contributed by atoms with Gasteiger partial charge in [-0.2, -0.15) is 0 Å². The van der Waals surface area contributed by atoms with Gasteiger partial charge in [0.15, 0.2) is 5.96 Å². The Kier molecular flexibility index (Phi) is 11.3. The molecular formula is C17H32IN5O3S. The Morgan fingerprint density at radius 3 is 2.59 bits per heavy atom. The number of aliphatic imine (C=N–C) groups is 1. The molecule has 1 atom stereocenters. The average molecular weight is 513 g/mol. The standard InChI is InChI=1S/C17H31N5O3S.HI/c1-18-17(19-9-7-10-21-26(2,23)24)20-14-15(16-8-6-13-25-16)22-11-4-3-5-12-22;/h6,8,13,15,21H,3-5,7,9-12,14H2,1-2H3,(H2,18,19,20);1H. The summed E-state index contributed by atoms with van der Waals surface area (Å²) in [5.74, 6) is 1.67. The van der Waals surface area contributed by atoms with E-state index >= 15 is 0 Å². The minimum absolute atomic E-state index is 0. The van der Waals surface area contributed by atoms with Gasteiger partial charge in [0, 0.05) is 26.7 Å². The zero-order valence-corrected chi connectivity index (χ0v) is 19.3. The Balaban J connectivity index is 0.00000364. The van der Waals surface area contributed by atoms with Crippen LogP contribution >= 0.6 is 24.0 Å². The van der Waals surface area contributed by atoms with Gasteiger partial charge in [-0.15, -0.1) is 24.0 Å². The third kappa shape index (κ3) is 9.26. The molecule has 156 valence electrons. The predicted molar refractivity (Wildman–Crippen MR) is 119 cm³/mol. The maximum absolute atomic E-state index is 11.0. The highest BCUT2D eigenvalue weighted by atomic mass is 127. The topological polar surface area (TPSA) is 99.0 Å². The second-order valence-corrected chi connectivity index (χ2v) is 8.36. The minimum atomic E-state index is -3.13. The lowest BCUT2D eigenvalue weighted by Gasteiger charge is -2.33. The Hall–Kier alpha value is -0.850. The molecule has 1 aliphatic heterocycles. The molecule has 0 aromatic carbocycles. The fourth-order valence-corrected chi connectivity index (χ4v) is 3.60. The first-order chi connectivity index (χ1) is 12.5. The number of nitrogens with one attached hydrogen (secondary N) is 3. The molecule has 8 nitrogen and oxygen atoms in total. The summed E-state index contributed by atoms with van der Waals surface area (Å²) in [6.07, 6.45) is 7.29. The highest BCUT2D eigenvalue weighted by Crippen LogP contribution is 2.24. The molecule has 3 N–H and O–H groups in total. The van der Waals surface area contributed by atoms with Crippen LogP contribution in [0.2, 0.25) is 0 Å². The number of piperidine rings is 1. The van der Waals surface area contributed by atoms with Crippen LogP contribution in [-0.2, 0) is 10.0 Å². The zero-order valence-electron chi connectivity index (χ0n) is 16.1. The quantitative estimate of drug-likeness (QED) is 0.201. The molecule has 0 radical (unpaired) electrons. The molecule has 1 aliphatic rings. The lowest BCUT2D eigenvalue weighted by Crippen LogP contribution is -2.44. The number of halogens is 1. The van der Waals surface area contributed by atoms with Crippen LogP contribution in [-0.4, -0.2) is 65.3 Å². The van der Waals surface area contributed by atoms with Crippen LogP contribution in [0.15, 0.2) is 27.8 Å². The molecule has 1 aromatic rings. The smallest absolute Gasteiger partial charge is 0.208 e. The number of nitrogens with zero attached hydrogens (tertiary/aromatic N) is 2. The van der Waals surface area contributed by atoms with Gasteiger partial charge >= 0.3 is 0 Å². The number of hydrogen-bond donors (Lipinski definition) is 3. The molecule has 0 spiro atoms. The second-order valence-electron chi connectivity index (χ2n) is 6.53. The zero-order chi connectivity index (χ0) is 18.8. The van der Waals surface area contributed by atoms with Crippen molar-refractivity contribution in [2.45, 2.75) is 31.7 Å². The molecule has 2 rings (SSSR count). The Morgan fingerprint density at radius 1 is 1.26 bits per heavy atom. The first-order valence-electron chi connectivity index (χ1n) is 9.16. The van der Waals surface area contributed by atoms with Gasteiger partial charge in [-0.25, -0.2) is 13.1 Å². The molecule has 1 fully saturated rings. The summed E-state index contributed by atoms with van der Waals surface area (Å²) < 4.78 is 30.2. The van der Waals surface area contributed by atoms with Gasteiger partial charge in [-0.3, -0.25) is 9.89 Å². The first kappa shape index (κ1) is 24.2. The fraction of sp³-hybridized carbons (Fsp3) is 0.706.